The first-order valence-corrected chi connectivity index (χ1v) is 5.93. The standard InChI is InChI=1S/C12H15N7/c13-9(11-17-18-12(14)19(11)15)5-7-6-16-10-4-2-1-3-8(7)10/h1-4,6,9,16H,5,13,15H2,(H2,14,18)/t9-/m0/s1. The first kappa shape index (κ1) is 11.5. The molecule has 1 atom stereocenters. The topological polar surface area (TPSA) is 125 Å². The van der Waals surface area contributed by atoms with Gasteiger partial charge in [0, 0.05) is 17.1 Å². The Bertz CT molecular complexity index is 712. The normalized spacial score (nSPS) is 12.9. The lowest BCUT2D eigenvalue weighted by Crippen LogP contribution is -2.23. The number of rotatable bonds is 3. The van der Waals surface area contributed by atoms with Gasteiger partial charge in [-0.15, -0.1) is 10.2 Å². The summed E-state index contributed by atoms with van der Waals surface area (Å²) in [6.07, 6.45) is 2.56. The number of anilines is 1. The third-order valence-electron chi connectivity index (χ3n) is 3.19. The van der Waals surface area contributed by atoms with Gasteiger partial charge in [0.05, 0.1) is 6.04 Å². The fourth-order valence-corrected chi connectivity index (χ4v) is 2.20. The van der Waals surface area contributed by atoms with Crippen molar-refractivity contribution < 1.29 is 0 Å². The summed E-state index contributed by atoms with van der Waals surface area (Å²) in [7, 11) is 0. The van der Waals surface area contributed by atoms with Gasteiger partial charge in [0.15, 0.2) is 5.82 Å². The average molecular weight is 257 g/mol. The fourth-order valence-electron chi connectivity index (χ4n) is 2.20. The summed E-state index contributed by atoms with van der Waals surface area (Å²) in [5.41, 5.74) is 13.9. The van der Waals surface area contributed by atoms with Crippen LogP contribution in [-0.4, -0.2) is 19.9 Å². The van der Waals surface area contributed by atoms with Gasteiger partial charge in [-0.25, -0.2) is 4.68 Å². The van der Waals surface area contributed by atoms with Crippen molar-refractivity contribution in [2.45, 2.75) is 12.5 Å². The monoisotopic (exact) mass is 257 g/mol. The molecular weight excluding hydrogens is 242 g/mol. The molecule has 3 rings (SSSR count). The molecule has 0 aliphatic heterocycles. The van der Waals surface area contributed by atoms with Crippen LogP contribution in [0.4, 0.5) is 5.95 Å². The van der Waals surface area contributed by atoms with Crippen LogP contribution in [0.1, 0.15) is 17.4 Å². The van der Waals surface area contributed by atoms with E-state index in [0.29, 0.717) is 12.2 Å². The average Bonchev–Trinajstić information content (AvgIpc) is 2.96. The highest BCUT2D eigenvalue weighted by atomic mass is 15.4. The fraction of sp³-hybridized carbons (Fsp3) is 0.167. The molecule has 7 nitrogen and oxygen atoms in total. The van der Waals surface area contributed by atoms with Gasteiger partial charge in [-0.1, -0.05) is 18.2 Å². The molecule has 1 aromatic carbocycles. The highest BCUT2D eigenvalue weighted by Gasteiger charge is 2.17. The minimum absolute atomic E-state index is 0.157. The van der Waals surface area contributed by atoms with E-state index in [1.54, 1.807) is 0 Å². The van der Waals surface area contributed by atoms with Gasteiger partial charge in [-0.05, 0) is 18.1 Å². The van der Waals surface area contributed by atoms with E-state index >= 15 is 0 Å². The Hall–Kier alpha value is -2.54. The number of nitrogens with two attached hydrogens (primary N) is 3. The summed E-state index contributed by atoms with van der Waals surface area (Å²) in [4.78, 5) is 3.21. The summed E-state index contributed by atoms with van der Waals surface area (Å²) in [5, 5.41) is 8.76. The Kier molecular flexibility index (Phi) is 2.60. The molecule has 0 unspecified atom stereocenters. The number of H-pyrrole nitrogens is 1. The highest BCUT2D eigenvalue weighted by Crippen LogP contribution is 2.22. The maximum atomic E-state index is 6.12. The van der Waals surface area contributed by atoms with E-state index in [4.69, 9.17) is 17.3 Å². The number of nitrogen functional groups attached to an aromatic ring is 2. The Morgan fingerprint density at radius 1 is 1.26 bits per heavy atom. The molecule has 0 saturated carbocycles. The third-order valence-corrected chi connectivity index (χ3v) is 3.19. The molecule has 0 spiro atoms. The summed E-state index contributed by atoms with van der Waals surface area (Å²) >= 11 is 0. The number of nitrogens with one attached hydrogen (secondary N) is 1. The zero-order valence-electron chi connectivity index (χ0n) is 10.2. The molecule has 0 saturated heterocycles. The highest BCUT2D eigenvalue weighted by molar-refractivity contribution is 5.83. The van der Waals surface area contributed by atoms with E-state index in [9.17, 15) is 0 Å². The van der Waals surface area contributed by atoms with Crippen LogP contribution in [0.2, 0.25) is 0 Å². The van der Waals surface area contributed by atoms with Crippen molar-refractivity contribution in [3.63, 3.8) is 0 Å². The van der Waals surface area contributed by atoms with Crippen molar-refractivity contribution in [2.75, 3.05) is 11.6 Å². The SMILES string of the molecule is Nc1nnc([C@@H](N)Cc2c[nH]c3ccccc23)n1N. The Labute approximate surface area is 109 Å². The number of para-hydroxylation sites is 1. The lowest BCUT2D eigenvalue weighted by atomic mass is 10.1. The van der Waals surface area contributed by atoms with Crippen molar-refractivity contribution in [3.05, 3.63) is 41.9 Å². The van der Waals surface area contributed by atoms with E-state index < -0.39 is 0 Å². The second-order valence-corrected chi connectivity index (χ2v) is 4.46. The predicted molar refractivity (Wildman–Crippen MR) is 73.5 cm³/mol. The molecule has 7 heteroatoms. The smallest absolute Gasteiger partial charge is 0.240 e. The van der Waals surface area contributed by atoms with Crippen molar-refractivity contribution in [1.29, 1.82) is 0 Å². The minimum atomic E-state index is -0.353. The number of aromatic nitrogens is 4. The van der Waals surface area contributed by atoms with E-state index in [2.05, 4.69) is 21.2 Å². The first-order valence-electron chi connectivity index (χ1n) is 5.93. The second-order valence-electron chi connectivity index (χ2n) is 4.46. The maximum absolute atomic E-state index is 6.12. The number of hydrogen-bond acceptors (Lipinski definition) is 5. The molecule has 19 heavy (non-hydrogen) atoms. The first-order chi connectivity index (χ1) is 9.16. The van der Waals surface area contributed by atoms with Gasteiger partial charge in [0.1, 0.15) is 0 Å². The maximum Gasteiger partial charge on any atom is 0.240 e. The molecule has 7 N–H and O–H groups in total. The minimum Gasteiger partial charge on any atom is -0.366 e. The number of benzene rings is 1. The Morgan fingerprint density at radius 3 is 2.79 bits per heavy atom. The molecule has 2 aromatic heterocycles. The van der Waals surface area contributed by atoms with Crippen LogP contribution in [0.25, 0.3) is 10.9 Å². The van der Waals surface area contributed by atoms with E-state index in [-0.39, 0.29) is 12.0 Å². The van der Waals surface area contributed by atoms with Crippen molar-refractivity contribution in [1.82, 2.24) is 19.9 Å². The summed E-state index contributed by atoms with van der Waals surface area (Å²) in [6, 6.07) is 7.70. The van der Waals surface area contributed by atoms with Crippen LogP contribution in [0.5, 0.6) is 0 Å². The summed E-state index contributed by atoms with van der Waals surface area (Å²) < 4.78 is 1.22. The summed E-state index contributed by atoms with van der Waals surface area (Å²) in [6.45, 7) is 0. The number of fused-ring (bicyclic) bond motifs is 1. The molecule has 0 radical (unpaired) electrons. The molecule has 2 heterocycles. The quantitative estimate of drug-likeness (QED) is 0.502. The molecule has 0 aliphatic carbocycles. The molecular formula is C12H15N7. The van der Waals surface area contributed by atoms with Gasteiger partial charge in [0.25, 0.3) is 0 Å². The van der Waals surface area contributed by atoms with Crippen LogP contribution in [-0.2, 0) is 6.42 Å². The van der Waals surface area contributed by atoms with Crippen LogP contribution in [0.15, 0.2) is 30.5 Å². The van der Waals surface area contributed by atoms with Gasteiger partial charge in [-0.2, -0.15) is 0 Å². The van der Waals surface area contributed by atoms with Crippen molar-refractivity contribution >= 4 is 16.9 Å². The zero-order chi connectivity index (χ0) is 13.4. The Balaban J connectivity index is 1.91. The predicted octanol–water partition coefficient (Wildman–Crippen LogP) is 0.298. The lowest BCUT2D eigenvalue weighted by Gasteiger charge is -2.09. The van der Waals surface area contributed by atoms with Crippen LogP contribution in [0.3, 0.4) is 0 Å². The van der Waals surface area contributed by atoms with Gasteiger partial charge >= 0.3 is 0 Å². The van der Waals surface area contributed by atoms with E-state index in [1.807, 2.05) is 24.4 Å². The molecule has 0 amide bonds. The Morgan fingerprint density at radius 2 is 2.05 bits per heavy atom. The van der Waals surface area contributed by atoms with Crippen LogP contribution in [0, 0.1) is 0 Å². The second kappa shape index (κ2) is 4.29. The zero-order valence-corrected chi connectivity index (χ0v) is 10.2. The van der Waals surface area contributed by atoms with Gasteiger partial charge in [0.2, 0.25) is 5.95 Å². The van der Waals surface area contributed by atoms with E-state index in [1.165, 1.54) is 4.68 Å². The molecule has 0 bridgehead atoms. The number of hydrogen-bond donors (Lipinski definition) is 4. The van der Waals surface area contributed by atoms with Crippen LogP contribution < -0.4 is 17.3 Å². The molecule has 98 valence electrons. The van der Waals surface area contributed by atoms with Crippen molar-refractivity contribution in [3.8, 4) is 0 Å². The van der Waals surface area contributed by atoms with Crippen molar-refractivity contribution in [2.24, 2.45) is 5.73 Å². The molecule has 0 fully saturated rings. The number of aromatic amines is 1. The van der Waals surface area contributed by atoms with Crippen LogP contribution >= 0.6 is 0 Å². The van der Waals surface area contributed by atoms with E-state index in [0.717, 1.165) is 16.5 Å². The number of nitrogens with zero attached hydrogens (tertiary/aromatic N) is 3. The summed E-state index contributed by atoms with van der Waals surface area (Å²) in [5.74, 6) is 6.36. The third kappa shape index (κ3) is 1.89. The molecule has 3 aromatic rings. The lowest BCUT2D eigenvalue weighted by molar-refractivity contribution is 0.645. The molecule has 0 aliphatic rings. The van der Waals surface area contributed by atoms with Gasteiger partial charge < -0.3 is 22.3 Å². The largest absolute Gasteiger partial charge is 0.366 e. The van der Waals surface area contributed by atoms with Gasteiger partial charge in [-0.3, -0.25) is 0 Å².